The fourth-order valence-corrected chi connectivity index (χ4v) is 5.72. The van der Waals surface area contributed by atoms with Crippen LogP contribution < -0.4 is 4.74 Å². The highest BCUT2D eigenvalue weighted by molar-refractivity contribution is 7.16. The van der Waals surface area contributed by atoms with Crippen LogP contribution in [0.15, 0.2) is 30.5 Å². The molecule has 0 radical (unpaired) electrons. The van der Waals surface area contributed by atoms with Gasteiger partial charge in [-0.2, -0.15) is 0 Å². The molecule has 7 nitrogen and oxygen atoms in total. The molecule has 0 fully saturated rings. The van der Waals surface area contributed by atoms with E-state index in [1.807, 2.05) is 20.8 Å². The van der Waals surface area contributed by atoms with Crippen LogP contribution in [-0.4, -0.2) is 41.2 Å². The summed E-state index contributed by atoms with van der Waals surface area (Å²) in [5.74, 6) is -0.557. The summed E-state index contributed by atoms with van der Waals surface area (Å²) in [5.41, 5.74) is 1.29. The van der Waals surface area contributed by atoms with Gasteiger partial charge in [0.05, 0.1) is 18.7 Å². The Morgan fingerprint density at radius 3 is 2.43 bits per heavy atom. The molecule has 0 aliphatic rings. The number of unbranched alkanes of at least 4 members (excludes halogenated alkanes) is 4. The quantitative estimate of drug-likeness (QED) is 0.121. The van der Waals surface area contributed by atoms with E-state index in [2.05, 4.69) is 9.97 Å². The highest BCUT2D eigenvalue weighted by atomic mass is 35.5. The van der Waals surface area contributed by atoms with Crippen molar-refractivity contribution in [3.8, 4) is 17.0 Å². The van der Waals surface area contributed by atoms with Crippen LogP contribution in [0, 0.1) is 5.82 Å². The molecule has 0 N–H and O–H groups in total. The van der Waals surface area contributed by atoms with E-state index < -0.39 is 17.4 Å². The number of aromatic nitrogens is 2. The molecule has 11 heteroatoms. The first kappa shape index (κ1) is 33.7. The van der Waals surface area contributed by atoms with E-state index in [0.717, 1.165) is 49.0 Å². The Morgan fingerprint density at radius 1 is 1.00 bits per heavy atom. The number of benzene rings is 1. The van der Waals surface area contributed by atoms with Crippen molar-refractivity contribution in [2.45, 2.75) is 84.2 Å². The number of nitrogens with zero attached hydrogens (tertiary/aromatic N) is 2. The van der Waals surface area contributed by atoms with E-state index in [9.17, 15) is 14.0 Å². The van der Waals surface area contributed by atoms with Crippen molar-refractivity contribution in [3.63, 3.8) is 0 Å². The highest BCUT2D eigenvalue weighted by Crippen LogP contribution is 2.32. The van der Waals surface area contributed by atoms with Crippen LogP contribution >= 0.6 is 34.5 Å². The van der Waals surface area contributed by atoms with Gasteiger partial charge in [-0.15, -0.1) is 11.3 Å². The molecular formula is C31H37Cl2FN2O5S. The van der Waals surface area contributed by atoms with Gasteiger partial charge in [-0.3, -0.25) is 9.78 Å². The fourth-order valence-electron chi connectivity index (χ4n) is 4.28. The predicted molar refractivity (Wildman–Crippen MR) is 164 cm³/mol. The maximum atomic E-state index is 15.0. The third-order valence-corrected chi connectivity index (χ3v) is 7.76. The van der Waals surface area contributed by atoms with Crippen molar-refractivity contribution in [2.24, 2.45) is 0 Å². The first-order valence-corrected chi connectivity index (χ1v) is 15.6. The number of rotatable bonds is 15. The first-order chi connectivity index (χ1) is 20.0. The van der Waals surface area contributed by atoms with Crippen molar-refractivity contribution in [2.75, 3.05) is 13.7 Å². The van der Waals surface area contributed by atoms with Gasteiger partial charge in [-0.05, 0) is 82.7 Å². The van der Waals surface area contributed by atoms with Gasteiger partial charge in [-0.25, -0.2) is 14.2 Å². The van der Waals surface area contributed by atoms with Gasteiger partial charge in [0.1, 0.15) is 22.9 Å². The predicted octanol–water partition coefficient (Wildman–Crippen LogP) is 8.67. The summed E-state index contributed by atoms with van der Waals surface area (Å²) in [4.78, 5) is 32.7. The molecule has 3 aromatic rings. The Bertz CT molecular complexity index is 1360. The van der Waals surface area contributed by atoms with E-state index in [1.165, 1.54) is 24.5 Å². The minimum absolute atomic E-state index is 0.156. The standard InChI is InChI=1S/C31H37Cl2FN2O5S/c1-31(2,3)41-26(37)13-9-7-5-6-8-11-20-17-24(34)27(35-19-20)22-15-14-21(18-23(22)32)40-16-10-12-25-28(29(38)39-4)36-30(33)42-25/h14-15,17-19H,5-13,16H2,1-4H3. The Balaban J connectivity index is 1.42. The number of carbonyl (C=O) groups is 2. The van der Waals surface area contributed by atoms with Crippen LogP contribution in [0.2, 0.25) is 9.49 Å². The van der Waals surface area contributed by atoms with Crippen LogP contribution in [0.3, 0.4) is 0 Å². The van der Waals surface area contributed by atoms with Crippen LogP contribution in [0.1, 0.15) is 86.6 Å². The molecule has 0 saturated carbocycles. The second kappa shape index (κ2) is 16.2. The van der Waals surface area contributed by atoms with Gasteiger partial charge >= 0.3 is 11.9 Å². The smallest absolute Gasteiger partial charge is 0.357 e. The Labute approximate surface area is 260 Å². The summed E-state index contributed by atoms with van der Waals surface area (Å²) >= 11 is 13.7. The monoisotopic (exact) mass is 638 g/mol. The number of hydrogen-bond donors (Lipinski definition) is 0. The van der Waals surface area contributed by atoms with Gasteiger partial charge in [0.15, 0.2) is 10.2 Å². The van der Waals surface area contributed by atoms with Crippen molar-refractivity contribution < 1.29 is 28.2 Å². The highest BCUT2D eigenvalue weighted by Gasteiger charge is 2.18. The van der Waals surface area contributed by atoms with E-state index in [-0.39, 0.29) is 21.8 Å². The number of carbonyl (C=O) groups excluding carboxylic acids is 2. The van der Waals surface area contributed by atoms with Gasteiger partial charge in [0.2, 0.25) is 0 Å². The average Bonchev–Trinajstić information content (AvgIpc) is 3.30. The van der Waals surface area contributed by atoms with Crippen LogP contribution in [0.5, 0.6) is 5.75 Å². The van der Waals surface area contributed by atoms with Crippen molar-refractivity contribution in [1.29, 1.82) is 0 Å². The maximum Gasteiger partial charge on any atom is 0.357 e. The van der Waals surface area contributed by atoms with Crippen LogP contribution in [0.4, 0.5) is 4.39 Å². The zero-order valence-corrected chi connectivity index (χ0v) is 26.8. The molecule has 0 bridgehead atoms. The molecule has 2 aromatic heterocycles. The van der Waals surface area contributed by atoms with E-state index in [0.29, 0.717) is 42.2 Å². The minimum atomic E-state index is -0.519. The normalized spacial score (nSPS) is 11.4. The number of thiazole rings is 1. The molecule has 228 valence electrons. The van der Waals surface area contributed by atoms with E-state index in [1.54, 1.807) is 24.4 Å². The maximum absolute atomic E-state index is 15.0. The van der Waals surface area contributed by atoms with Gasteiger partial charge in [0, 0.05) is 23.1 Å². The number of hydrogen-bond acceptors (Lipinski definition) is 8. The van der Waals surface area contributed by atoms with Crippen molar-refractivity contribution >= 4 is 46.5 Å². The number of pyridine rings is 1. The third kappa shape index (κ3) is 10.8. The molecule has 0 aliphatic carbocycles. The van der Waals surface area contributed by atoms with E-state index >= 15 is 0 Å². The van der Waals surface area contributed by atoms with Gasteiger partial charge in [-0.1, -0.05) is 42.5 Å². The lowest BCUT2D eigenvalue weighted by Crippen LogP contribution is -2.23. The SMILES string of the molecule is COC(=O)c1nc(Cl)sc1CCCOc1ccc(-c2ncc(CCCCCCCC(=O)OC(C)(C)C)cc2F)c(Cl)c1. The number of ether oxygens (including phenoxy) is 3. The third-order valence-electron chi connectivity index (χ3n) is 6.23. The molecule has 0 atom stereocenters. The van der Waals surface area contributed by atoms with Gasteiger partial charge in [0.25, 0.3) is 0 Å². The Kier molecular flexibility index (Phi) is 13.0. The zero-order chi connectivity index (χ0) is 30.7. The summed E-state index contributed by atoms with van der Waals surface area (Å²) in [6.45, 7) is 5.98. The number of methoxy groups -OCH3 is 1. The van der Waals surface area contributed by atoms with Crippen LogP contribution in [-0.2, 0) is 27.1 Å². The van der Waals surface area contributed by atoms with Gasteiger partial charge < -0.3 is 14.2 Å². The fraction of sp³-hybridized carbons (Fsp3) is 0.484. The molecule has 2 heterocycles. The summed E-state index contributed by atoms with van der Waals surface area (Å²) in [6, 6.07) is 6.57. The summed E-state index contributed by atoms with van der Waals surface area (Å²) in [6.07, 6.45) is 8.71. The first-order valence-electron chi connectivity index (χ1n) is 14.0. The molecule has 0 amide bonds. The summed E-state index contributed by atoms with van der Waals surface area (Å²) in [7, 11) is 1.30. The summed E-state index contributed by atoms with van der Waals surface area (Å²) < 4.78 is 31.1. The number of halogens is 3. The molecular weight excluding hydrogens is 602 g/mol. The van der Waals surface area contributed by atoms with Crippen LogP contribution in [0.25, 0.3) is 11.3 Å². The summed E-state index contributed by atoms with van der Waals surface area (Å²) in [5, 5.41) is 0.334. The molecule has 1 aromatic carbocycles. The van der Waals surface area contributed by atoms with E-state index in [4.69, 9.17) is 37.4 Å². The molecule has 3 rings (SSSR count). The molecule has 42 heavy (non-hydrogen) atoms. The molecule has 0 aliphatic heterocycles. The second-order valence-electron chi connectivity index (χ2n) is 10.9. The lowest BCUT2D eigenvalue weighted by atomic mass is 10.0. The largest absolute Gasteiger partial charge is 0.494 e. The lowest BCUT2D eigenvalue weighted by molar-refractivity contribution is -0.154. The minimum Gasteiger partial charge on any atom is -0.494 e. The average molecular weight is 640 g/mol. The lowest BCUT2D eigenvalue weighted by Gasteiger charge is -2.19. The molecule has 0 spiro atoms. The topological polar surface area (TPSA) is 87.6 Å². The Morgan fingerprint density at radius 2 is 1.74 bits per heavy atom. The van der Waals surface area contributed by atoms with Crippen molar-refractivity contribution in [3.05, 3.63) is 61.9 Å². The second-order valence-corrected chi connectivity index (χ2v) is 12.9. The zero-order valence-electron chi connectivity index (χ0n) is 24.4. The molecule has 0 unspecified atom stereocenters. The molecule has 0 saturated heterocycles. The number of esters is 2. The Hall–Kier alpha value is -2.75. The van der Waals surface area contributed by atoms with Crippen molar-refractivity contribution in [1.82, 2.24) is 9.97 Å². The number of aryl methyl sites for hydroxylation is 2.